The number of unbranched alkanes of at least 4 members (excludes halogenated alkanes) is 8. The Kier molecular flexibility index (Phi) is 11.4. The molecule has 0 fully saturated rings. The van der Waals surface area contributed by atoms with Gasteiger partial charge >= 0.3 is 0 Å². The molecule has 1 heteroatoms. The summed E-state index contributed by atoms with van der Waals surface area (Å²) < 4.78 is 11.5. The average molecular weight is 186 g/mol. The van der Waals surface area contributed by atoms with E-state index in [1.165, 1.54) is 44.9 Å². The lowest BCUT2D eigenvalue weighted by atomic mass is 10.1. The number of halogens is 1. The molecular weight excluding hydrogens is 163 g/mol. The second kappa shape index (κ2) is 11.7. The van der Waals surface area contributed by atoms with Gasteiger partial charge in [0.2, 0.25) is 0 Å². The summed E-state index contributed by atoms with van der Waals surface area (Å²) in [5.74, 6) is 0. The molecule has 0 saturated carbocycles. The van der Waals surface area contributed by atoms with Crippen LogP contribution in [-0.2, 0) is 0 Å². The van der Waals surface area contributed by atoms with Crippen LogP contribution in [0.1, 0.15) is 64.7 Å². The first-order valence-corrected chi connectivity index (χ1v) is 5.67. The Morgan fingerprint density at radius 3 is 1.92 bits per heavy atom. The zero-order valence-electron chi connectivity index (χ0n) is 8.90. The van der Waals surface area contributed by atoms with E-state index in [1.807, 2.05) is 0 Å². The predicted molar refractivity (Wildman–Crippen MR) is 57.5 cm³/mol. The number of allylic oxidation sites excluding steroid dienone is 1. The maximum Gasteiger partial charge on any atom is 0.0827 e. The van der Waals surface area contributed by atoms with Crippen molar-refractivity contribution in [2.45, 2.75) is 64.7 Å². The quantitative estimate of drug-likeness (QED) is 0.444. The van der Waals surface area contributed by atoms with Crippen molar-refractivity contribution in [3.63, 3.8) is 0 Å². The molecule has 0 spiro atoms. The molecule has 0 heterocycles. The molecule has 0 radical (unpaired) electrons. The van der Waals surface area contributed by atoms with E-state index >= 15 is 0 Å². The summed E-state index contributed by atoms with van der Waals surface area (Å²) in [4.78, 5) is 0. The van der Waals surface area contributed by atoms with Crippen LogP contribution in [0.2, 0.25) is 0 Å². The Balaban J connectivity index is 2.83. The Hall–Kier alpha value is -0.330. The maximum absolute atomic E-state index is 11.5. The molecule has 0 nitrogen and oxygen atoms in total. The lowest BCUT2D eigenvalue weighted by Gasteiger charge is -1.99. The highest BCUT2D eigenvalue weighted by Crippen LogP contribution is 2.09. The molecule has 13 heavy (non-hydrogen) atoms. The third kappa shape index (κ3) is 11.7. The molecule has 0 unspecified atom stereocenters. The zero-order valence-corrected chi connectivity index (χ0v) is 8.90. The van der Waals surface area contributed by atoms with Crippen molar-refractivity contribution >= 4 is 0 Å². The van der Waals surface area contributed by atoms with Crippen molar-refractivity contribution in [2.24, 2.45) is 0 Å². The summed E-state index contributed by atoms with van der Waals surface area (Å²) in [5.41, 5.74) is 0. The molecule has 0 rings (SSSR count). The van der Waals surface area contributed by atoms with Crippen molar-refractivity contribution in [1.82, 2.24) is 0 Å². The van der Waals surface area contributed by atoms with Gasteiger partial charge in [0, 0.05) is 0 Å². The van der Waals surface area contributed by atoms with Crippen molar-refractivity contribution in [3.05, 3.63) is 12.4 Å². The lowest BCUT2D eigenvalue weighted by molar-refractivity contribution is 0.576. The minimum Gasteiger partial charge on any atom is -0.216 e. The molecule has 0 bridgehead atoms. The molecule has 0 aromatic heterocycles. The molecular formula is C12H23F. The fourth-order valence-corrected chi connectivity index (χ4v) is 1.46. The van der Waals surface area contributed by atoms with Gasteiger partial charge in [-0.1, -0.05) is 57.9 Å². The van der Waals surface area contributed by atoms with Crippen LogP contribution in [0.3, 0.4) is 0 Å². The number of hydrogen-bond donors (Lipinski definition) is 0. The average Bonchev–Trinajstić information content (AvgIpc) is 2.16. The third-order valence-electron chi connectivity index (χ3n) is 2.31. The van der Waals surface area contributed by atoms with Gasteiger partial charge in [-0.2, -0.15) is 0 Å². The molecule has 0 saturated heterocycles. The van der Waals surface area contributed by atoms with Crippen LogP contribution < -0.4 is 0 Å². The summed E-state index contributed by atoms with van der Waals surface area (Å²) >= 11 is 0. The summed E-state index contributed by atoms with van der Waals surface area (Å²) in [5, 5.41) is 0. The van der Waals surface area contributed by atoms with E-state index in [1.54, 1.807) is 6.08 Å². The largest absolute Gasteiger partial charge is 0.216 e. The second-order valence-corrected chi connectivity index (χ2v) is 3.63. The van der Waals surface area contributed by atoms with Gasteiger partial charge in [-0.15, -0.1) is 0 Å². The zero-order chi connectivity index (χ0) is 9.78. The Morgan fingerprint density at radius 2 is 1.38 bits per heavy atom. The van der Waals surface area contributed by atoms with E-state index in [9.17, 15) is 4.39 Å². The van der Waals surface area contributed by atoms with Crippen LogP contribution in [0.25, 0.3) is 0 Å². The van der Waals surface area contributed by atoms with Gasteiger partial charge in [-0.3, -0.25) is 0 Å². The Bertz CT molecular complexity index is 108. The number of hydrogen-bond acceptors (Lipinski definition) is 0. The van der Waals surface area contributed by atoms with Gasteiger partial charge in [-0.05, 0) is 12.8 Å². The van der Waals surface area contributed by atoms with E-state index in [2.05, 4.69) is 6.92 Å². The topological polar surface area (TPSA) is 0 Å². The fourth-order valence-electron chi connectivity index (χ4n) is 1.46. The SMILES string of the molecule is CCCCCCCCCC/C=C/F. The first-order valence-electron chi connectivity index (χ1n) is 5.67. The molecule has 0 atom stereocenters. The highest BCUT2D eigenvalue weighted by molar-refractivity contribution is 4.71. The van der Waals surface area contributed by atoms with Crippen molar-refractivity contribution in [1.29, 1.82) is 0 Å². The minimum absolute atomic E-state index is 0.654. The first kappa shape index (κ1) is 12.7. The second-order valence-electron chi connectivity index (χ2n) is 3.63. The standard InChI is InChI=1S/C12H23F/c1-2-3-4-5-6-7-8-9-10-11-12-13/h11-12H,2-10H2,1H3/b12-11+. The highest BCUT2D eigenvalue weighted by Gasteiger charge is 1.89. The molecule has 0 aliphatic carbocycles. The maximum atomic E-state index is 11.5. The summed E-state index contributed by atoms with van der Waals surface area (Å²) in [6.07, 6.45) is 13.7. The van der Waals surface area contributed by atoms with Gasteiger partial charge < -0.3 is 0 Å². The molecule has 0 aromatic rings. The van der Waals surface area contributed by atoms with Crippen LogP contribution in [0.15, 0.2) is 12.4 Å². The van der Waals surface area contributed by atoms with Crippen molar-refractivity contribution in [2.75, 3.05) is 0 Å². The monoisotopic (exact) mass is 186 g/mol. The van der Waals surface area contributed by atoms with E-state index in [-0.39, 0.29) is 0 Å². The third-order valence-corrected chi connectivity index (χ3v) is 2.31. The number of rotatable bonds is 9. The molecule has 0 aliphatic rings. The molecule has 78 valence electrons. The van der Waals surface area contributed by atoms with E-state index in [0.29, 0.717) is 6.33 Å². The van der Waals surface area contributed by atoms with E-state index in [0.717, 1.165) is 12.8 Å². The molecule has 0 aliphatic heterocycles. The van der Waals surface area contributed by atoms with E-state index < -0.39 is 0 Å². The summed E-state index contributed by atoms with van der Waals surface area (Å²) in [6.45, 7) is 2.24. The summed E-state index contributed by atoms with van der Waals surface area (Å²) in [6, 6.07) is 0. The predicted octanol–water partition coefficient (Wildman–Crippen LogP) is 5.00. The van der Waals surface area contributed by atoms with E-state index in [4.69, 9.17) is 0 Å². The first-order chi connectivity index (χ1) is 6.41. The Morgan fingerprint density at radius 1 is 0.846 bits per heavy atom. The van der Waals surface area contributed by atoms with Crippen LogP contribution in [0, 0.1) is 0 Å². The summed E-state index contributed by atoms with van der Waals surface area (Å²) in [7, 11) is 0. The van der Waals surface area contributed by atoms with Crippen LogP contribution in [0.5, 0.6) is 0 Å². The van der Waals surface area contributed by atoms with Crippen molar-refractivity contribution < 1.29 is 4.39 Å². The van der Waals surface area contributed by atoms with Gasteiger partial charge in [0.05, 0.1) is 6.33 Å². The van der Waals surface area contributed by atoms with Gasteiger partial charge in [-0.25, -0.2) is 4.39 Å². The lowest BCUT2D eigenvalue weighted by Crippen LogP contribution is -1.79. The van der Waals surface area contributed by atoms with Crippen molar-refractivity contribution in [3.8, 4) is 0 Å². The van der Waals surface area contributed by atoms with Crippen LogP contribution in [-0.4, -0.2) is 0 Å². The molecule has 0 N–H and O–H groups in total. The van der Waals surface area contributed by atoms with Crippen LogP contribution >= 0.6 is 0 Å². The fraction of sp³-hybridized carbons (Fsp3) is 0.833. The minimum atomic E-state index is 0.654. The van der Waals surface area contributed by atoms with Gasteiger partial charge in [0.15, 0.2) is 0 Å². The smallest absolute Gasteiger partial charge is 0.0827 e. The van der Waals surface area contributed by atoms with Gasteiger partial charge in [0.1, 0.15) is 0 Å². The van der Waals surface area contributed by atoms with Gasteiger partial charge in [0.25, 0.3) is 0 Å². The molecule has 0 aromatic carbocycles. The normalized spacial score (nSPS) is 11.2. The van der Waals surface area contributed by atoms with Crippen LogP contribution in [0.4, 0.5) is 4.39 Å². The highest BCUT2D eigenvalue weighted by atomic mass is 19.1. The Labute approximate surface area is 82.2 Å². The molecule has 0 amide bonds.